The van der Waals surface area contributed by atoms with Crippen molar-refractivity contribution in [1.29, 1.82) is 0 Å². The third-order valence-electron chi connectivity index (χ3n) is 7.66. The molecule has 238 valence electrons. The molecule has 0 aliphatic carbocycles. The number of methoxy groups -OCH3 is 1. The number of aliphatic hydroxyl groups is 1. The summed E-state index contributed by atoms with van der Waals surface area (Å²) in [7, 11) is 1.41. The molecule has 0 radical (unpaired) electrons. The minimum Gasteiger partial charge on any atom is -0.507 e. The third kappa shape index (κ3) is 6.10. The van der Waals surface area contributed by atoms with Gasteiger partial charge in [0.25, 0.3) is 5.91 Å². The lowest BCUT2D eigenvalue weighted by atomic mass is 9.89. The number of esters is 1. The number of carbonyl (C=O) groups is 2. The van der Waals surface area contributed by atoms with Gasteiger partial charge in [-0.25, -0.2) is 9.59 Å². The number of amides is 1. The van der Waals surface area contributed by atoms with Crippen LogP contribution >= 0.6 is 0 Å². The molecular formula is C32H34N2O11. The maximum atomic E-state index is 12.9. The standard InChI is InChI=1S/C32H34N2O11/c1-14-11-17(12-15(2)23(14)35)28(38)34-22-24(36)19-13-18(8-10-21(19)43-30(22)40)42-31-25(37)26(27(41-6)32(4,5)45-31)44-29(39)20-9-7-16(3)33-20/h7-13,25-27,31,33,35-37H,1-6H3,(H,34,38)/t25-,26-,27+,31-/m1/s1. The number of phenolic OH excluding ortho intramolecular Hbond substituents is 1. The fourth-order valence-electron chi connectivity index (χ4n) is 5.37. The highest BCUT2D eigenvalue weighted by Crippen LogP contribution is 2.37. The molecule has 0 spiro atoms. The van der Waals surface area contributed by atoms with Gasteiger partial charge in [0.15, 0.2) is 23.6 Å². The maximum absolute atomic E-state index is 12.9. The van der Waals surface area contributed by atoms with Crippen LogP contribution in [0, 0.1) is 20.8 Å². The van der Waals surface area contributed by atoms with E-state index in [1.54, 1.807) is 46.8 Å². The van der Waals surface area contributed by atoms with E-state index in [2.05, 4.69) is 10.3 Å². The number of hydrogen-bond donors (Lipinski definition) is 5. The molecule has 13 nitrogen and oxygen atoms in total. The van der Waals surface area contributed by atoms with E-state index < -0.39 is 59.1 Å². The van der Waals surface area contributed by atoms with Gasteiger partial charge >= 0.3 is 11.6 Å². The van der Waals surface area contributed by atoms with E-state index in [1.165, 1.54) is 37.4 Å². The van der Waals surface area contributed by atoms with Gasteiger partial charge in [-0.3, -0.25) is 4.79 Å². The summed E-state index contributed by atoms with van der Waals surface area (Å²) in [6.45, 7) is 8.42. The number of hydrogen-bond acceptors (Lipinski definition) is 11. The number of carbonyl (C=O) groups excluding carboxylic acids is 2. The SMILES string of the molecule is CO[C@H]1[C@H](OC(=O)c2ccc(C)[nH]2)[C@@H](O)[C@H](Oc2ccc3oc(=O)c(NC(=O)c4cc(C)c(O)c(C)c4)c(O)c3c2)OC1(C)C. The fraction of sp³-hybridized carbons (Fsp3) is 0.344. The number of benzene rings is 2. The van der Waals surface area contributed by atoms with Crippen molar-refractivity contribution in [3.63, 3.8) is 0 Å². The number of aromatic nitrogens is 1. The predicted octanol–water partition coefficient (Wildman–Crippen LogP) is 3.83. The van der Waals surface area contributed by atoms with Crippen molar-refractivity contribution in [3.8, 4) is 17.2 Å². The van der Waals surface area contributed by atoms with E-state index in [1.807, 2.05) is 0 Å². The van der Waals surface area contributed by atoms with Crippen LogP contribution in [0.3, 0.4) is 0 Å². The van der Waals surface area contributed by atoms with Gasteiger partial charge in [0, 0.05) is 18.4 Å². The zero-order valence-corrected chi connectivity index (χ0v) is 25.5. The lowest BCUT2D eigenvalue weighted by molar-refractivity contribution is -0.305. The van der Waals surface area contributed by atoms with Gasteiger partial charge in [0.1, 0.15) is 28.9 Å². The summed E-state index contributed by atoms with van der Waals surface area (Å²) >= 11 is 0. The van der Waals surface area contributed by atoms with E-state index in [-0.39, 0.29) is 33.7 Å². The molecule has 1 amide bonds. The Kier molecular flexibility index (Phi) is 8.36. The Morgan fingerprint density at radius 1 is 1.00 bits per heavy atom. The molecule has 0 bridgehead atoms. The highest BCUT2D eigenvalue weighted by Gasteiger charge is 2.53. The number of phenols is 1. The fourth-order valence-corrected chi connectivity index (χ4v) is 5.37. The summed E-state index contributed by atoms with van der Waals surface area (Å²) in [5.74, 6) is -1.86. The van der Waals surface area contributed by atoms with E-state index in [0.717, 1.165) is 5.69 Å². The second kappa shape index (κ2) is 11.9. The average Bonchev–Trinajstić information content (AvgIpc) is 3.42. The Morgan fingerprint density at radius 2 is 1.69 bits per heavy atom. The molecule has 45 heavy (non-hydrogen) atoms. The molecule has 1 saturated heterocycles. The monoisotopic (exact) mass is 622 g/mol. The van der Waals surface area contributed by atoms with Crippen LogP contribution in [0.1, 0.15) is 51.5 Å². The molecule has 13 heteroatoms. The van der Waals surface area contributed by atoms with Crippen molar-refractivity contribution in [2.45, 2.75) is 64.8 Å². The van der Waals surface area contributed by atoms with Gasteiger partial charge in [-0.2, -0.15) is 0 Å². The Balaban J connectivity index is 1.42. The number of aliphatic hydroxyl groups excluding tert-OH is 1. The quantitative estimate of drug-likeness (QED) is 0.149. The summed E-state index contributed by atoms with van der Waals surface area (Å²) in [5.41, 5.74) is -0.571. The minimum atomic E-state index is -1.51. The summed E-state index contributed by atoms with van der Waals surface area (Å²) in [6.07, 6.45) is -4.92. The molecule has 4 atom stereocenters. The third-order valence-corrected chi connectivity index (χ3v) is 7.66. The van der Waals surface area contributed by atoms with E-state index in [0.29, 0.717) is 11.1 Å². The van der Waals surface area contributed by atoms with Crippen LogP contribution in [0.5, 0.6) is 17.2 Å². The van der Waals surface area contributed by atoms with Crippen molar-refractivity contribution in [2.75, 3.05) is 12.4 Å². The normalized spacial score (nSPS) is 21.0. The number of rotatable bonds is 7. The number of anilines is 1. The molecule has 2 aromatic carbocycles. The number of fused-ring (bicyclic) bond motifs is 1. The first kappa shape index (κ1) is 31.6. The van der Waals surface area contributed by atoms with Crippen LogP contribution in [0.15, 0.2) is 51.7 Å². The molecule has 0 saturated carbocycles. The molecule has 3 heterocycles. The van der Waals surface area contributed by atoms with Gasteiger partial charge in [0.05, 0.1) is 11.0 Å². The second-order valence-corrected chi connectivity index (χ2v) is 11.5. The first-order valence-electron chi connectivity index (χ1n) is 14.0. The molecular weight excluding hydrogens is 588 g/mol. The topological polar surface area (TPSA) is 190 Å². The zero-order valence-electron chi connectivity index (χ0n) is 25.5. The first-order valence-corrected chi connectivity index (χ1v) is 14.0. The highest BCUT2D eigenvalue weighted by atomic mass is 16.7. The molecule has 4 aromatic rings. The Hall–Kier alpha value is -4.85. The van der Waals surface area contributed by atoms with Crippen LogP contribution < -0.4 is 15.7 Å². The Labute approximate surface area is 257 Å². The number of H-pyrrole nitrogens is 1. The van der Waals surface area contributed by atoms with Crippen molar-refractivity contribution < 1.29 is 48.3 Å². The number of aromatic amines is 1. The van der Waals surface area contributed by atoms with Crippen molar-refractivity contribution in [3.05, 3.63) is 81.0 Å². The average molecular weight is 623 g/mol. The first-order chi connectivity index (χ1) is 21.2. The molecule has 5 N–H and O–H groups in total. The van der Waals surface area contributed by atoms with E-state index in [9.17, 15) is 29.7 Å². The molecule has 1 aliphatic heterocycles. The van der Waals surface area contributed by atoms with Crippen LogP contribution in [0.25, 0.3) is 11.0 Å². The van der Waals surface area contributed by atoms with Crippen molar-refractivity contribution in [1.82, 2.24) is 4.98 Å². The smallest absolute Gasteiger partial charge is 0.364 e. The van der Waals surface area contributed by atoms with Crippen LogP contribution in [-0.4, -0.2) is 69.5 Å². The van der Waals surface area contributed by atoms with Gasteiger partial charge in [-0.15, -0.1) is 0 Å². The molecule has 0 unspecified atom stereocenters. The van der Waals surface area contributed by atoms with Crippen molar-refractivity contribution in [2.24, 2.45) is 0 Å². The van der Waals surface area contributed by atoms with E-state index >= 15 is 0 Å². The lowest BCUT2D eigenvalue weighted by Gasteiger charge is -2.47. The van der Waals surface area contributed by atoms with E-state index in [4.69, 9.17) is 23.4 Å². The molecule has 1 fully saturated rings. The summed E-state index contributed by atoms with van der Waals surface area (Å²) < 4.78 is 28.6. The van der Waals surface area contributed by atoms with Gasteiger partial charge in [0.2, 0.25) is 6.29 Å². The van der Waals surface area contributed by atoms with Gasteiger partial charge in [-0.1, -0.05) is 0 Å². The summed E-state index contributed by atoms with van der Waals surface area (Å²) in [4.78, 5) is 41.4. The number of nitrogens with one attached hydrogen (secondary N) is 2. The molecule has 1 aliphatic rings. The largest absolute Gasteiger partial charge is 0.507 e. The molecule has 2 aromatic heterocycles. The summed E-state index contributed by atoms with van der Waals surface area (Å²) in [5, 5.41) is 34.7. The number of ether oxygens (including phenoxy) is 4. The Bertz CT molecular complexity index is 1820. The Morgan fingerprint density at radius 3 is 2.31 bits per heavy atom. The minimum absolute atomic E-state index is 0.00268. The number of aryl methyl sites for hydroxylation is 3. The zero-order chi connectivity index (χ0) is 32.8. The van der Waals surface area contributed by atoms with Gasteiger partial charge < -0.3 is 49.0 Å². The maximum Gasteiger partial charge on any atom is 0.364 e. The predicted molar refractivity (Wildman–Crippen MR) is 161 cm³/mol. The van der Waals surface area contributed by atoms with Gasteiger partial charge in [-0.05, 0) is 88.2 Å². The molecule has 5 rings (SSSR count). The lowest BCUT2D eigenvalue weighted by Crippen LogP contribution is -2.65. The second-order valence-electron chi connectivity index (χ2n) is 11.5. The van der Waals surface area contributed by atoms with Crippen molar-refractivity contribution >= 4 is 28.5 Å². The number of aromatic hydroxyl groups is 2. The van der Waals surface area contributed by atoms with Crippen LogP contribution in [-0.2, 0) is 14.2 Å². The van der Waals surface area contributed by atoms with Crippen LogP contribution in [0.4, 0.5) is 5.69 Å². The van der Waals surface area contributed by atoms with Crippen LogP contribution in [0.2, 0.25) is 0 Å². The summed E-state index contributed by atoms with van der Waals surface area (Å²) in [6, 6.07) is 10.3. The highest BCUT2D eigenvalue weighted by molar-refractivity contribution is 6.06.